The molecule has 1 atom stereocenters. The molecule has 5 heteroatoms. The smallest absolute Gasteiger partial charge is 0.125 e. The van der Waals surface area contributed by atoms with Gasteiger partial charge in [0.25, 0.3) is 0 Å². The van der Waals surface area contributed by atoms with Gasteiger partial charge in [-0.1, -0.05) is 27.5 Å². The SMILES string of the molecule is COc1ccc(F)cc1C(O)c1cc(Br)ccc1Cl. The molecule has 0 heterocycles. The summed E-state index contributed by atoms with van der Waals surface area (Å²) in [7, 11) is 1.46. The van der Waals surface area contributed by atoms with E-state index in [1.54, 1.807) is 18.2 Å². The van der Waals surface area contributed by atoms with Gasteiger partial charge in [0.05, 0.1) is 7.11 Å². The molecule has 2 rings (SSSR count). The van der Waals surface area contributed by atoms with E-state index in [9.17, 15) is 9.50 Å². The van der Waals surface area contributed by atoms with Crippen LogP contribution in [0.15, 0.2) is 40.9 Å². The van der Waals surface area contributed by atoms with Crippen molar-refractivity contribution in [1.29, 1.82) is 0 Å². The van der Waals surface area contributed by atoms with Crippen molar-refractivity contribution in [2.45, 2.75) is 6.10 Å². The molecule has 0 saturated heterocycles. The molecule has 0 aromatic heterocycles. The molecule has 19 heavy (non-hydrogen) atoms. The van der Waals surface area contributed by atoms with E-state index < -0.39 is 11.9 Å². The summed E-state index contributed by atoms with van der Waals surface area (Å²) in [4.78, 5) is 0. The number of aliphatic hydroxyl groups is 1. The first-order valence-electron chi connectivity index (χ1n) is 5.49. The summed E-state index contributed by atoms with van der Waals surface area (Å²) >= 11 is 9.37. The van der Waals surface area contributed by atoms with E-state index >= 15 is 0 Å². The Kier molecular flexibility index (Phi) is 4.45. The second-order valence-corrected chi connectivity index (χ2v) is 5.28. The van der Waals surface area contributed by atoms with E-state index in [4.69, 9.17) is 16.3 Å². The zero-order valence-corrected chi connectivity index (χ0v) is 12.4. The fraction of sp³-hybridized carbons (Fsp3) is 0.143. The Bertz CT molecular complexity index is 604. The first-order valence-corrected chi connectivity index (χ1v) is 6.66. The number of benzene rings is 2. The molecule has 2 aromatic carbocycles. The Morgan fingerprint density at radius 3 is 2.63 bits per heavy atom. The predicted octanol–water partition coefficient (Wildman–Crippen LogP) is 4.33. The third-order valence-electron chi connectivity index (χ3n) is 2.74. The van der Waals surface area contributed by atoms with Crippen molar-refractivity contribution in [3.05, 3.63) is 62.8 Å². The fourth-order valence-corrected chi connectivity index (χ4v) is 2.41. The van der Waals surface area contributed by atoms with E-state index in [1.165, 1.54) is 25.3 Å². The number of hydrogen-bond acceptors (Lipinski definition) is 2. The summed E-state index contributed by atoms with van der Waals surface area (Å²) in [5, 5.41) is 10.8. The highest BCUT2D eigenvalue weighted by Gasteiger charge is 2.19. The van der Waals surface area contributed by atoms with Crippen LogP contribution in [0.5, 0.6) is 5.75 Å². The third kappa shape index (κ3) is 3.08. The topological polar surface area (TPSA) is 29.5 Å². The monoisotopic (exact) mass is 344 g/mol. The van der Waals surface area contributed by atoms with Crippen molar-refractivity contribution in [3.8, 4) is 5.75 Å². The van der Waals surface area contributed by atoms with Crippen molar-refractivity contribution in [1.82, 2.24) is 0 Å². The largest absolute Gasteiger partial charge is 0.496 e. The summed E-state index contributed by atoms with van der Waals surface area (Å²) in [6.45, 7) is 0. The minimum Gasteiger partial charge on any atom is -0.496 e. The van der Waals surface area contributed by atoms with Crippen LogP contribution in [0.3, 0.4) is 0 Å². The molecule has 100 valence electrons. The van der Waals surface area contributed by atoms with Gasteiger partial charge in [-0.2, -0.15) is 0 Å². The number of hydrogen-bond donors (Lipinski definition) is 1. The summed E-state index contributed by atoms with van der Waals surface area (Å²) < 4.78 is 19.2. The lowest BCUT2D eigenvalue weighted by atomic mass is 10.0. The van der Waals surface area contributed by atoms with Gasteiger partial charge in [-0.25, -0.2) is 4.39 Å². The highest BCUT2D eigenvalue weighted by molar-refractivity contribution is 9.10. The maximum atomic E-state index is 13.3. The lowest BCUT2D eigenvalue weighted by Gasteiger charge is -2.16. The minimum absolute atomic E-state index is 0.336. The zero-order chi connectivity index (χ0) is 14.0. The van der Waals surface area contributed by atoms with Crippen LogP contribution in [-0.2, 0) is 0 Å². The number of methoxy groups -OCH3 is 1. The van der Waals surface area contributed by atoms with Gasteiger partial charge in [0, 0.05) is 20.6 Å². The fourth-order valence-electron chi connectivity index (χ4n) is 1.81. The average molecular weight is 346 g/mol. The van der Waals surface area contributed by atoms with E-state index in [2.05, 4.69) is 15.9 Å². The highest BCUT2D eigenvalue weighted by atomic mass is 79.9. The van der Waals surface area contributed by atoms with Gasteiger partial charge < -0.3 is 9.84 Å². The van der Waals surface area contributed by atoms with Crippen LogP contribution in [0.4, 0.5) is 4.39 Å². The molecule has 0 fully saturated rings. The number of halogens is 3. The molecule has 1 N–H and O–H groups in total. The molecule has 0 aliphatic carbocycles. The van der Waals surface area contributed by atoms with E-state index in [0.717, 1.165) is 4.47 Å². The summed E-state index contributed by atoms with van der Waals surface area (Å²) in [6, 6.07) is 9.10. The van der Waals surface area contributed by atoms with Crippen molar-refractivity contribution < 1.29 is 14.2 Å². The van der Waals surface area contributed by atoms with Crippen LogP contribution in [0.25, 0.3) is 0 Å². The van der Waals surface area contributed by atoms with Crippen LogP contribution in [-0.4, -0.2) is 12.2 Å². The summed E-state index contributed by atoms with van der Waals surface area (Å²) in [5.74, 6) is -0.0362. The highest BCUT2D eigenvalue weighted by Crippen LogP contribution is 2.35. The van der Waals surface area contributed by atoms with Gasteiger partial charge in [-0.3, -0.25) is 0 Å². The maximum Gasteiger partial charge on any atom is 0.125 e. The molecule has 1 unspecified atom stereocenters. The van der Waals surface area contributed by atoms with Gasteiger partial charge in [0.15, 0.2) is 0 Å². The van der Waals surface area contributed by atoms with Gasteiger partial charge in [-0.15, -0.1) is 0 Å². The molecule has 2 aromatic rings. The molecule has 0 spiro atoms. The molecule has 0 saturated carbocycles. The number of ether oxygens (including phenoxy) is 1. The van der Waals surface area contributed by atoms with Crippen molar-refractivity contribution >= 4 is 27.5 Å². The quantitative estimate of drug-likeness (QED) is 0.897. The van der Waals surface area contributed by atoms with Crippen LogP contribution in [0.1, 0.15) is 17.2 Å². The molecule has 0 aliphatic heterocycles. The molecule has 0 radical (unpaired) electrons. The first kappa shape index (κ1) is 14.3. The van der Waals surface area contributed by atoms with E-state index in [-0.39, 0.29) is 0 Å². The van der Waals surface area contributed by atoms with Gasteiger partial charge >= 0.3 is 0 Å². The summed E-state index contributed by atoms with van der Waals surface area (Å²) in [5.41, 5.74) is 0.822. The lowest BCUT2D eigenvalue weighted by Crippen LogP contribution is -2.04. The lowest BCUT2D eigenvalue weighted by molar-refractivity contribution is 0.214. The van der Waals surface area contributed by atoms with E-state index in [1.807, 2.05) is 0 Å². The molecule has 0 bridgehead atoms. The third-order valence-corrected chi connectivity index (χ3v) is 3.58. The Hall–Kier alpha value is -1.10. The maximum absolute atomic E-state index is 13.3. The second kappa shape index (κ2) is 5.90. The van der Waals surface area contributed by atoms with Crippen molar-refractivity contribution in [3.63, 3.8) is 0 Å². The molecular weight excluding hydrogens is 335 g/mol. The van der Waals surface area contributed by atoms with Crippen LogP contribution in [0, 0.1) is 5.82 Å². The number of aliphatic hydroxyl groups excluding tert-OH is 1. The van der Waals surface area contributed by atoms with Crippen molar-refractivity contribution in [2.75, 3.05) is 7.11 Å². The molecule has 0 aliphatic rings. The van der Waals surface area contributed by atoms with E-state index in [0.29, 0.717) is 21.9 Å². The normalized spacial score (nSPS) is 12.3. The Balaban J connectivity index is 2.51. The van der Waals surface area contributed by atoms with Crippen LogP contribution < -0.4 is 4.74 Å². The first-order chi connectivity index (χ1) is 9.02. The molecule has 2 nitrogen and oxygen atoms in total. The van der Waals surface area contributed by atoms with Gasteiger partial charge in [-0.05, 0) is 36.4 Å². The van der Waals surface area contributed by atoms with Crippen LogP contribution in [0.2, 0.25) is 5.02 Å². The zero-order valence-electron chi connectivity index (χ0n) is 10.0. The Morgan fingerprint density at radius 2 is 1.95 bits per heavy atom. The minimum atomic E-state index is -1.06. The van der Waals surface area contributed by atoms with Crippen LogP contribution >= 0.6 is 27.5 Å². The Morgan fingerprint density at radius 1 is 1.21 bits per heavy atom. The molecular formula is C14H11BrClFO2. The molecule has 0 amide bonds. The Labute approximate surface area is 123 Å². The van der Waals surface area contributed by atoms with Gasteiger partial charge in [0.2, 0.25) is 0 Å². The summed E-state index contributed by atoms with van der Waals surface area (Å²) in [6.07, 6.45) is -1.06. The van der Waals surface area contributed by atoms with Crippen molar-refractivity contribution in [2.24, 2.45) is 0 Å². The standard InChI is InChI=1S/C14H11BrClFO2/c1-19-13-5-3-9(17)7-11(13)14(18)10-6-8(15)2-4-12(10)16/h2-7,14,18H,1H3. The van der Waals surface area contributed by atoms with Gasteiger partial charge in [0.1, 0.15) is 17.7 Å². The second-order valence-electron chi connectivity index (χ2n) is 3.95. The average Bonchev–Trinajstić information content (AvgIpc) is 2.40. The number of rotatable bonds is 3. The predicted molar refractivity (Wildman–Crippen MR) is 76.2 cm³/mol.